The van der Waals surface area contributed by atoms with E-state index in [4.69, 9.17) is 0 Å². The quantitative estimate of drug-likeness (QED) is 0.699. The molecule has 0 aliphatic rings. The molecule has 0 saturated heterocycles. The molecule has 1 rings (SSSR count). The number of nitrogens with zero attached hydrogens (tertiary/aromatic N) is 2. The van der Waals surface area contributed by atoms with Gasteiger partial charge in [0.25, 0.3) is 0 Å². The summed E-state index contributed by atoms with van der Waals surface area (Å²) in [5, 5.41) is 0. The molecule has 0 saturated carbocycles. The predicted octanol–water partition coefficient (Wildman–Crippen LogP) is -0.345. The number of esters is 1. The van der Waals surface area contributed by atoms with Gasteiger partial charge in [-0.25, -0.2) is 26.6 Å². The molecule has 1 heterocycles. The Labute approximate surface area is 108 Å². The lowest BCUT2D eigenvalue weighted by Crippen LogP contribution is -2.36. The first kappa shape index (κ1) is 14.9. The molecule has 0 atom stereocenters. The van der Waals surface area contributed by atoms with Crippen LogP contribution < -0.4 is 3.71 Å². The van der Waals surface area contributed by atoms with Crippen LogP contribution in [0.5, 0.6) is 0 Å². The van der Waals surface area contributed by atoms with Crippen molar-refractivity contribution < 1.29 is 26.4 Å². The Kier molecular flexibility index (Phi) is 3.98. The van der Waals surface area contributed by atoms with Crippen LogP contribution in [0.4, 0.5) is 5.82 Å². The van der Waals surface area contributed by atoms with Gasteiger partial charge in [0.05, 0.1) is 25.1 Å². The van der Waals surface area contributed by atoms with Gasteiger partial charge in [0.2, 0.25) is 20.0 Å². The van der Waals surface area contributed by atoms with E-state index in [0.29, 0.717) is 12.5 Å². The Morgan fingerprint density at radius 2 is 1.78 bits per heavy atom. The summed E-state index contributed by atoms with van der Waals surface area (Å²) in [6.45, 7) is 0. The molecule has 0 N–H and O–H groups in total. The van der Waals surface area contributed by atoms with E-state index in [9.17, 15) is 21.6 Å². The second-order valence-corrected chi connectivity index (χ2v) is 7.97. The van der Waals surface area contributed by atoms with Crippen LogP contribution in [-0.4, -0.2) is 47.4 Å². The summed E-state index contributed by atoms with van der Waals surface area (Å²) in [6.07, 6.45) is 1.41. The molecule has 102 valence electrons. The average Bonchev–Trinajstić information content (AvgIpc) is 2.60. The molecule has 0 amide bonds. The van der Waals surface area contributed by atoms with E-state index in [1.54, 1.807) is 0 Å². The van der Waals surface area contributed by atoms with Gasteiger partial charge < -0.3 is 4.74 Å². The van der Waals surface area contributed by atoms with Crippen molar-refractivity contribution in [3.63, 3.8) is 0 Å². The average molecular weight is 314 g/mol. The molecule has 0 unspecified atom stereocenters. The second kappa shape index (κ2) is 4.82. The standard InChI is InChI=1S/C7H10N2O6S3/c1-15-7(10)5-6(8-4-16-5)9(17(2,11)12)18(3,13)14/h4H,1-3H3. The van der Waals surface area contributed by atoms with Gasteiger partial charge in [-0.2, -0.15) is 0 Å². The van der Waals surface area contributed by atoms with E-state index in [2.05, 4.69) is 9.72 Å². The molecule has 1 aromatic heterocycles. The summed E-state index contributed by atoms with van der Waals surface area (Å²) in [5.41, 5.74) is 1.16. The molecule has 0 spiro atoms. The topological polar surface area (TPSA) is 111 Å². The molecule has 0 bridgehead atoms. The lowest BCUT2D eigenvalue weighted by Gasteiger charge is -2.17. The second-order valence-electron chi connectivity index (χ2n) is 3.22. The highest BCUT2D eigenvalue weighted by molar-refractivity contribution is 8.09. The van der Waals surface area contributed by atoms with Crippen LogP contribution in [0.25, 0.3) is 0 Å². The molecule has 0 fully saturated rings. The number of sulfonamides is 2. The largest absolute Gasteiger partial charge is 0.465 e. The van der Waals surface area contributed by atoms with Gasteiger partial charge in [-0.15, -0.1) is 15.0 Å². The monoisotopic (exact) mass is 314 g/mol. The van der Waals surface area contributed by atoms with Crippen LogP contribution in [-0.2, 0) is 24.8 Å². The minimum absolute atomic E-state index is 0.1000. The molecule has 18 heavy (non-hydrogen) atoms. The highest BCUT2D eigenvalue weighted by Crippen LogP contribution is 2.27. The predicted molar refractivity (Wildman–Crippen MR) is 65.6 cm³/mol. The summed E-state index contributed by atoms with van der Waals surface area (Å²) in [6, 6.07) is 0. The molecule has 0 aliphatic carbocycles. The zero-order valence-corrected chi connectivity index (χ0v) is 12.1. The van der Waals surface area contributed by atoms with Crippen molar-refractivity contribution >= 4 is 43.2 Å². The SMILES string of the molecule is COC(=O)c1scnc1N(S(C)(=O)=O)S(C)(=O)=O. The number of hydrogen-bond acceptors (Lipinski definition) is 8. The molecule has 1 aromatic rings. The number of thiazole rings is 1. The van der Waals surface area contributed by atoms with Gasteiger partial charge in [-0.05, 0) is 0 Å². The van der Waals surface area contributed by atoms with Crippen molar-refractivity contribution in [2.75, 3.05) is 23.3 Å². The zero-order chi connectivity index (χ0) is 14.1. The number of carbonyl (C=O) groups is 1. The maximum Gasteiger partial charge on any atom is 0.352 e. The summed E-state index contributed by atoms with van der Waals surface area (Å²) in [4.78, 5) is 14.8. The smallest absolute Gasteiger partial charge is 0.352 e. The number of carbonyl (C=O) groups excluding carboxylic acids is 1. The fourth-order valence-electron chi connectivity index (χ4n) is 1.16. The Hall–Kier alpha value is -1.20. The van der Waals surface area contributed by atoms with Crippen molar-refractivity contribution in [1.29, 1.82) is 0 Å². The third kappa shape index (κ3) is 2.97. The number of aromatic nitrogens is 1. The number of hydrogen-bond donors (Lipinski definition) is 0. The lowest BCUT2D eigenvalue weighted by atomic mass is 10.5. The Balaban J connectivity index is 3.52. The van der Waals surface area contributed by atoms with E-state index in [1.807, 2.05) is 0 Å². The van der Waals surface area contributed by atoms with Crippen LogP contribution in [0.15, 0.2) is 5.51 Å². The summed E-state index contributed by atoms with van der Waals surface area (Å²) in [7, 11) is -7.16. The van der Waals surface area contributed by atoms with Crippen molar-refractivity contribution in [1.82, 2.24) is 4.98 Å². The van der Waals surface area contributed by atoms with Gasteiger partial charge in [0.1, 0.15) is 0 Å². The molecule has 0 aliphatic heterocycles. The van der Waals surface area contributed by atoms with Crippen LogP contribution in [0.3, 0.4) is 0 Å². The Bertz CT molecular complexity index is 627. The first-order valence-corrected chi connectivity index (χ1v) is 8.89. The molecular weight excluding hydrogens is 304 g/mol. The van der Waals surface area contributed by atoms with Gasteiger partial charge in [-0.1, -0.05) is 0 Å². The van der Waals surface area contributed by atoms with Gasteiger partial charge >= 0.3 is 5.97 Å². The van der Waals surface area contributed by atoms with Crippen molar-refractivity contribution in [2.45, 2.75) is 0 Å². The first-order chi connectivity index (χ1) is 8.09. The molecule has 0 radical (unpaired) electrons. The summed E-state index contributed by atoms with van der Waals surface area (Å²) in [5.74, 6) is -1.33. The van der Waals surface area contributed by atoms with E-state index in [1.165, 1.54) is 0 Å². The fourth-order valence-corrected chi connectivity index (χ4v) is 4.84. The lowest BCUT2D eigenvalue weighted by molar-refractivity contribution is 0.0607. The molecule has 11 heteroatoms. The van der Waals surface area contributed by atoms with Crippen molar-refractivity contribution in [2.24, 2.45) is 0 Å². The number of anilines is 1. The van der Waals surface area contributed by atoms with Crippen LogP contribution in [0.2, 0.25) is 0 Å². The fraction of sp³-hybridized carbons (Fsp3) is 0.429. The first-order valence-electron chi connectivity index (χ1n) is 4.31. The van der Waals surface area contributed by atoms with Crippen LogP contribution >= 0.6 is 11.3 Å². The summed E-state index contributed by atoms with van der Waals surface area (Å²) < 4.78 is 50.5. The van der Waals surface area contributed by atoms with Gasteiger partial charge in [0, 0.05) is 0 Å². The third-order valence-electron chi connectivity index (χ3n) is 1.69. The normalized spacial score (nSPS) is 12.2. The van der Waals surface area contributed by atoms with E-state index in [-0.39, 0.29) is 8.59 Å². The number of rotatable bonds is 4. The Morgan fingerprint density at radius 3 is 2.17 bits per heavy atom. The van der Waals surface area contributed by atoms with E-state index >= 15 is 0 Å². The minimum Gasteiger partial charge on any atom is -0.465 e. The maximum absolute atomic E-state index is 11.5. The van der Waals surface area contributed by atoms with Gasteiger partial charge in [0.15, 0.2) is 10.7 Å². The van der Waals surface area contributed by atoms with E-state index in [0.717, 1.165) is 24.0 Å². The van der Waals surface area contributed by atoms with Crippen LogP contribution in [0.1, 0.15) is 9.67 Å². The van der Waals surface area contributed by atoms with E-state index < -0.39 is 31.8 Å². The zero-order valence-electron chi connectivity index (χ0n) is 9.65. The van der Waals surface area contributed by atoms with Crippen molar-refractivity contribution in [3.8, 4) is 0 Å². The highest BCUT2D eigenvalue weighted by Gasteiger charge is 2.33. The van der Waals surface area contributed by atoms with Gasteiger partial charge in [-0.3, -0.25) is 0 Å². The number of ether oxygens (including phenoxy) is 1. The molecule has 8 nitrogen and oxygen atoms in total. The minimum atomic E-state index is -4.13. The van der Waals surface area contributed by atoms with Crippen molar-refractivity contribution in [3.05, 3.63) is 10.4 Å². The number of methoxy groups -OCH3 is 1. The van der Waals surface area contributed by atoms with Crippen LogP contribution in [0, 0.1) is 0 Å². The Morgan fingerprint density at radius 1 is 1.28 bits per heavy atom. The summed E-state index contributed by atoms with van der Waals surface area (Å²) >= 11 is 0.787. The molecular formula is C7H10N2O6S3. The highest BCUT2D eigenvalue weighted by atomic mass is 32.3. The maximum atomic E-state index is 11.5. The molecule has 0 aromatic carbocycles. The third-order valence-corrected chi connectivity index (χ3v) is 5.67.